The van der Waals surface area contributed by atoms with Gasteiger partial charge in [-0.25, -0.2) is 0 Å². The van der Waals surface area contributed by atoms with Crippen LogP contribution < -0.4 is 15.4 Å². The molecule has 0 atom stereocenters. The van der Waals surface area contributed by atoms with E-state index in [-0.39, 0.29) is 17.6 Å². The van der Waals surface area contributed by atoms with E-state index in [1.165, 1.54) is 18.9 Å². The molecule has 10 heteroatoms. The highest BCUT2D eigenvalue weighted by Gasteiger charge is 2.16. The van der Waals surface area contributed by atoms with Crippen molar-refractivity contribution in [3.63, 3.8) is 0 Å². The van der Waals surface area contributed by atoms with Gasteiger partial charge in [-0.15, -0.1) is 21.5 Å². The van der Waals surface area contributed by atoms with Crippen LogP contribution in [0.2, 0.25) is 0 Å². The molecule has 0 aliphatic carbocycles. The molecular formula is C24H23N5O3S2. The molecule has 0 spiro atoms. The molecule has 2 heterocycles. The molecule has 174 valence electrons. The Morgan fingerprint density at radius 1 is 1.09 bits per heavy atom. The van der Waals surface area contributed by atoms with Gasteiger partial charge in [-0.3, -0.25) is 9.59 Å². The van der Waals surface area contributed by atoms with E-state index < -0.39 is 0 Å². The molecule has 4 rings (SSSR count). The summed E-state index contributed by atoms with van der Waals surface area (Å²) in [5, 5.41) is 16.8. The molecule has 2 aromatic carbocycles. The Bertz CT molecular complexity index is 1320. The zero-order valence-corrected chi connectivity index (χ0v) is 20.5. The van der Waals surface area contributed by atoms with Gasteiger partial charge in [-0.2, -0.15) is 0 Å². The van der Waals surface area contributed by atoms with Crippen molar-refractivity contribution in [3.05, 3.63) is 71.1 Å². The lowest BCUT2D eigenvalue weighted by atomic mass is 10.1. The summed E-state index contributed by atoms with van der Waals surface area (Å²) in [6.45, 7) is 1.88. The van der Waals surface area contributed by atoms with Crippen LogP contribution in [0.3, 0.4) is 0 Å². The Morgan fingerprint density at radius 2 is 1.91 bits per heavy atom. The molecule has 0 fully saturated rings. The Kier molecular flexibility index (Phi) is 7.29. The van der Waals surface area contributed by atoms with E-state index in [2.05, 4.69) is 20.8 Å². The molecule has 0 radical (unpaired) electrons. The lowest BCUT2D eigenvalue weighted by Gasteiger charge is -2.13. The predicted molar refractivity (Wildman–Crippen MR) is 136 cm³/mol. The topological polar surface area (TPSA) is 98.1 Å². The first-order valence-electron chi connectivity index (χ1n) is 10.4. The smallest absolute Gasteiger partial charge is 0.255 e. The van der Waals surface area contributed by atoms with Crippen LogP contribution in [0.4, 0.5) is 11.4 Å². The number of ether oxygens (including phenoxy) is 1. The third kappa shape index (κ3) is 5.29. The normalized spacial score (nSPS) is 10.7. The van der Waals surface area contributed by atoms with Crippen molar-refractivity contribution in [2.24, 2.45) is 7.05 Å². The molecule has 0 saturated carbocycles. The summed E-state index contributed by atoms with van der Waals surface area (Å²) in [7, 11) is 3.40. The first kappa shape index (κ1) is 23.5. The average molecular weight is 494 g/mol. The number of rotatable bonds is 8. The molecule has 2 amide bonds. The Labute approximate surface area is 205 Å². The van der Waals surface area contributed by atoms with Gasteiger partial charge in [0.2, 0.25) is 5.91 Å². The minimum Gasteiger partial charge on any atom is -0.495 e. The fourth-order valence-electron chi connectivity index (χ4n) is 3.29. The van der Waals surface area contributed by atoms with E-state index in [4.69, 9.17) is 4.74 Å². The van der Waals surface area contributed by atoms with Crippen molar-refractivity contribution in [3.8, 4) is 16.5 Å². The van der Waals surface area contributed by atoms with Gasteiger partial charge < -0.3 is 19.9 Å². The first-order valence-corrected chi connectivity index (χ1v) is 12.2. The molecule has 34 heavy (non-hydrogen) atoms. The number of benzene rings is 2. The van der Waals surface area contributed by atoms with Gasteiger partial charge in [-0.1, -0.05) is 36.0 Å². The number of anilines is 2. The third-order valence-electron chi connectivity index (χ3n) is 5.03. The third-order valence-corrected chi connectivity index (χ3v) is 6.92. The summed E-state index contributed by atoms with van der Waals surface area (Å²) in [5.41, 5.74) is 2.48. The molecular weight excluding hydrogens is 470 g/mol. The van der Waals surface area contributed by atoms with Crippen molar-refractivity contribution in [2.45, 2.75) is 12.1 Å². The highest BCUT2D eigenvalue weighted by Crippen LogP contribution is 2.29. The van der Waals surface area contributed by atoms with E-state index in [9.17, 15) is 9.59 Å². The summed E-state index contributed by atoms with van der Waals surface area (Å²) in [4.78, 5) is 26.3. The number of amides is 2. The molecule has 0 bridgehead atoms. The van der Waals surface area contributed by atoms with Gasteiger partial charge >= 0.3 is 0 Å². The van der Waals surface area contributed by atoms with E-state index in [0.717, 1.165) is 16.3 Å². The molecule has 0 saturated heterocycles. The number of nitrogens with zero attached hydrogens (tertiary/aromatic N) is 3. The Morgan fingerprint density at radius 3 is 2.65 bits per heavy atom. The van der Waals surface area contributed by atoms with Crippen LogP contribution in [-0.2, 0) is 11.8 Å². The van der Waals surface area contributed by atoms with Crippen molar-refractivity contribution in [1.29, 1.82) is 0 Å². The molecule has 4 aromatic rings. The lowest BCUT2D eigenvalue weighted by molar-refractivity contribution is -0.113. The number of hydrogen-bond donors (Lipinski definition) is 2. The summed E-state index contributed by atoms with van der Waals surface area (Å²) >= 11 is 2.87. The number of hydrogen-bond acceptors (Lipinski definition) is 7. The zero-order valence-electron chi connectivity index (χ0n) is 18.9. The first-order chi connectivity index (χ1) is 16.5. The summed E-state index contributed by atoms with van der Waals surface area (Å²) < 4.78 is 7.24. The second-order valence-corrected chi connectivity index (χ2v) is 9.25. The van der Waals surface area contributed by atoms with E-state index in [0.29, 0.717) is 27.8 Å². The van der Waals surface area contributed by atoms with Gasteiger partial charge in [0.1, 0.15) is 5.75 Å². The Hall–Kier alpha value is -3.63. The van der Waals surface area contributed by atoms with Crippen LogP contribution >= 0.6 is 23.1 Å². The molecule has 2 aromatic heterocycles. The quantitative estimate of drug-likeness (QED) is 0.341. The molecule has 8 nitrogen and oxygen atoms in total. The van der Waals surface area contributed by atoms with Crippen LogP contribution in [0.5, 0.6) is 5.75 Å². The molecule has 0 aliphatic heterocycles. The SMILES string of the molecule is COc1ccc(NC(=O)c2ccccc2C)cc1NC(=O)CSc1nnc(-c2cccs2)n1C. The number of aryl methyl sites for hydroxylation is 1. The standard InChI is InChI=1S/C24H23N5O3S2/c1-15-7-4-5-8-17(15)23(31)25-16-10-11-19(32-3)18(13-16)26-21(30)14-34-24-28-27-22(29(24)2)20-9-6-12-33-20/h4-13H,14H2,1-3H3,(H,25,31)(H,26,30). The molecule has 0 aliphatic rings. The van der Waals surface area contributed by atoms with Crippen LogP contribution in [0.15, 0.2) is 65.1 Å². The van der Waals surface area contributed by atoms with Gasteiger partial charge in [0.15, 0.2) is 11.0 Å². The lowest BCUT2D eigenvalue weighted by Crippen LogP contribution is -2.16. The molecule has 2 N–H and O–H groups in total. The van der Waals surface area contributed by atoms with E-state index in [1.54, 1.807) is 35.6 Å². The number of carbonyl (C=O) groups excluding carboxylic acids is 2. The summed E-state index contributed by atoms with van der Waals surface area (Å²) in [5.74, 6) is 0.938. The minimum atomic E-state index is -0.230. The van der Waals surface area contributed by atoms with Gasteiger partial charge in [0.05, 0.1) is 23.4 Å². The van der Waals surface area contributed by atoms with Crippen LogP contribution in [-0.4, -0.2) is 39.4 Å². The van der Waals surface area contributed by atoms with E-state index >= 15 is 0 Å². The maximum atomic E-state index is 12.7. The minimum absolute atomic E-state index is 0.138. The fraction of sp³-hybridized carbons (Fsp3) is 0.167. The number of methoxy groups -OCH3 is 1. The van der Waals surface area contributed by atoms with Gasteiger partial charge in [0, 0.05) is 18.3 Å². The fourth-order valence-corrected chi connectivity index (χ4v) is 4.74. The van der Waals surface area contributed by atoms with Gasteiger partial charge in [0.25, 0.3) is 5.91 Å². The van der Waals surface area contributed by atoms with Crippen molar-refractivity contribution >= 4 is 46.3 Å². The summed E-state index contributed by atoms with van der Waals surface area (Å²) in [6, 6.07) is 16.4. The van der Waals surface area contributed by atoms with Crippen LogP contribution in [0, 0.1) is 6.92 Å². The second-order valence-electron chi connectivity index (χ2n) is 7.36. The van der Waals surface area contributed by atoms with Crippen molar-refractivity contribution in [1.82, 2.24) is 14.8 Å². The maximum Gasteiger partial charge on any atom is 0.255 e. The number of nitrogens with one attached hydrogen (secondary N) is 2. The van der Waals surface area contributed by atoms with E-state index in [1.807, 2.05) is 54.3 Å². The van der Waals surface area contributed by atoms with Crippen molar-refractivity contribution in [2.75, 3.05) is 23.5 Å². The largest absolute Gasteiger partial charge is 0.495 e. The monoisotopic (exact) mass is 493 g/mol. The number of aromatic nitrogens is 3. The van der Waals surface area contributed by atoms with Crippen LogP contribution in [0.1, 0.15) is 15.9 Å². The average Bonchev–Trinajstić information content (AvgIpc) is 3.48. The Balaban J connectivity index is 1.42. The highest BCUT2D eigenvalue weighted by atomic mass is 32.2. The number of thiophene rings is 1. The van der Waals surface area contributed by atoms with Crippen LogP contribution in [0.25, 0.3) is 10.7 Å². The molecule has 0 unspecified atom stereocenters. The predicted octanol–water partition coefficient (Wildman–Crippen LogP) is 4.84. The summed E-state index contributed by atoms with van der Waals surface area (Å²) in [6.07, 6.45) is 0. The van der Waals surface area contributed by atoms with Crippen molar-refractivity contribution < 1.29 is 14.3 Å². The zero-order chi connectivity index (χ0) is 24.1. The number of carbonyl (C=O) groups is 2. The number of thioether (sulfide) groups is 1. The van der Waals surface area contributed by atoms with Gasteiger partial charge in [-0.05, 0) is 48.2 Å². The maximum absolute atomic E-state index is 12.7. The highest BCUT2D eigenvalue weighted by molar-refractivity contribution is 7.99. The second kappa shape index (κ2) is 10.5.